The Morgan fingerprint density at radius 3 is 2.54 bits per heavy atom. The van der Waals surface area contributed by atoms with Crippen LogP contribution in [0, 0.1) is 34.5 Å². The van der Waals surface area contributed by atoms with Gasteiger partial charge >= 0.3 is 0 Å². The van der Waals surface area contributed by atoms with E-state index in [0.29, 0.717) is 10.8 Å². The smallest absolute Gasteiger partial charge is 0.0147 e. The number of hydrogen-bond donors (Lipinski definition) is 0. The van der Waals surface area contributed by atoms with Crippen LogP contribution in [0.2, 0.25) is 0 Å². The minimum absolute atomic E-state index is 0.559. The summed E-state index contributed by atoms with van der Waals surface area (Å²) in [5.41, 5.74) is 3.10. The molecule has 7 unspecified atom stereocenters. The van der Waals surface area contributed by atoms with Gasteiger partial charge in [0.1, 0.15) is 0 Å². The molecule has 0 radical (unpaired) electrons. The van der Waals surface area contributed by atoms with Crippen molar-refractivity contribution in [3.63, 3.8) is 0 Å². The van der Waals surface area contributed by atoms with Crippen molar-refractivity contribution in [3.8, 4) is 0 Å². The molecule has 0 aliphatic heterocycles. The van der Waals surface area contributed by atoms with E-state index in [-0.39, 0.29) is 0 Å². The number of unbranched alkanes of at least 4 members (excludes halogenated alkanes) is 5. The lowest BCUT2D eigenvalue weighted by Gasteiger charge is -2.58. The Bertz CT molecular complexity index is 565. The highest BCUT2D eigenvalue weighted by Crippen LogP contribution is 2.67. The molecule has 3 fully saturated rings. The van der Waals surface area contributed by atoms with Gasteiger partial charge in [-0.2, -0.15) is 0 Å². The molecule has 4 aliphatic rings. The van der Waals surface area contributed by atoms with E-state index in [1.807, 2.05) is 5.57 Å². The van der Waals surface area contributed by atoms with Crippen molar-refractivity contribution in [3.05, 3.63) is 11.6 Å². The highest BCUT2D eigenvalue weighted by atomic mass is 127. The van der Waals surface area contributed by atoms with Crippen molar-refractivity contribution in [2.24, 2.45) is 34.5 Å². The summed E-state index contributed by atoms with van der Waals surface area (Å²) in [6, 6.07) is 0. The summed E-state index contributed by atoms with van der Waals surface area (Å²) in [4.78, 5) is 0. The fourth-order valence-corrected chi connectivity index (χ4v) is 9.16. The summed E-state index contributed by atoms with van der Waals surface area (Å²) in [6.45, 7) is 7.72. The van der Waals surface area contributed by atoms with Crippen LogP contribution >= 0.6 is 22.6 Å². The summed E-state index contributed by atoms with van der Waals surface area (Å²) in [7, 11) is 0. The third-order valence-corrected chi connectivity index (χ3v) is 11.2. The maximum absolute atomic E-state index is 2.75. The van der Waals surface area contributed by atoms with Gasteiger partial charge in [0.05, 0.1) is 0 Å². The number of rotatable bonds is 7. The van der Waals surface area contributed by atoms with E-state index < -0.39 is 0 Å². The van der Waals surface area contributed by atoms with Gasteiger partial charge in [0, 0.05) is 3.92 Å². The standard InChI is InChI=1S/C27H45I/c1-4-5-6-7-8-9-10-20-12-14-24-23-13-11-21-19-22(28)15-17-27(21,3)25(23)16-18-26(20,24)2/h11,20,22-25H,4-10,12-19H2,1-3H3. The van der Waals surface area contributed by atoms with Gasteiger partial charge in [0.15, 0.2) is 0 Å². The van der Waals surface area contributed by atoms with Crippen molar-refractivity contribution in [2.45, 2.75) is 121 Å². The van der Waals surface area contributed by atoms with Crippen LogP contribution in [0.3, 0.4) is 0 Å². The van der Waals surface area contributed by atoms with E-state index in [1.54, 1.807) is 12.8 Å². The zero-order valence-corrected chi connectivity index (χ0v) is 21.1. The minimum atomic E-state index is 0.559. The van der Waals surface area contributed by atoms with Gasteiger partial charge < -0.3 is 0 Å². The topological polar surface area (TPSA) is 0 Å². The van der Waals surface area contributed by atoms with Crippen LogP contribution in [-0.4, -0.2) is 3.92 Å². The molecule has 28 heavy (non-hydrogen) atoms. The number of fused-ring (bicyclic) bond motifs is 5. The Hall–Kier alpha value is 0.470. The Morgan fingerprint density at radius 2 is 1.71 bits per heavy atom. The molecule has 3 saturated carbocycles. The molecule has 160 valence electrons. The van der Waals surface area contributed by atoms with E-state index in [4.69, 9.17) is 0 Å². The molecule has 0 N–H and O–H groups in total. The minimum Gasteiger partial charge on any atom is -0.0844 e. The third kappa shape index (κ3) is 3.89. The zero-order valence-electron chi connectivity index (χ0n) is 18.9. The van der Waals surface area contributed by atoms with Crippen LogP contribution in [0.15, 0.2) is 11.6 Å². The van der Waals surface area contributed by atoms with E-state index >= 15 is 0 Å². The Labute approximate surface area is 189 Å². The van der Waals surface area contributed by atoms with E-state index in [0.717, 1.165) is 27.6 Å². The summed E-state index contributed by atoms with van der Waals surface area (Å²) in [5, 5.41) is 0. The highest BCUT2D eigenvalue weighted by molar-refractivity contribution is 14.1. The summed E-state index contributed by atoms with van der Waals surface area (Å²) in [6.07, 6.45) is 24.9. The van der Waals surface area contributed by atoms with Gasteiger partial charge in [-0.3, -0.25) is 0 Å². The molecule has 1 heteroatoms. The highest BCUT2D eigenvalue weighted by Gasteiger charge is 2.58. The maximum atomic E-state index is 2.75. The molecule has 0 amide bonds. The molecule has 0 nitrogen and oxygen atoms in total. The molecule has 0 aromatic rings. The molecule has 0 saturated heterocycles. The Balaban J connectivity index is 1.39. The zero-order chi connectivity index (χ0) is 19.8. The second-order valence-electron chi connectivity index (χ2n) is 11.5. The predicted octanol–water partition coefficient (Wildman–Crippen LogP) is 9.12. The molecular weight excluding hydrogens is 451 g/mol. The molecule has 0 aromatic carbocycles. The van der Waals surface area contributed by atoms with Crippen LogP contribution in [0.25, 0.3) is 0 Å². The molecule has 0 heterocycles. The lowest BCUT2D eigenvalue weighted by molar-refractivity contribution is -0.0419. The fourth-order valence-electron chi connectivity index (χ4n) is 8.37. The normalized spacial score (nSPS) is 45.1. The first kappa shape index (κ1) is 21.7. The summed E-state index contributed by atoms with van der Waals surface area (Å²) >= 11 is 2.71. The van der Waals surface area contributed by atoms with Gasteiger partial charge in [-0.15, -0.1) is 0 Å². The number of alkyl halides is 1. The van der Waals surface area contributed by atoms with Crippen LogP contribution < -0.4 is 0 Å². The Kier molecular flexibility index (Phi) is 6.91. The molecule has 4 rings (SSSR count). The van der Waals surface area contributed by atoms with Gasteiger partial charge in [0.25, 0.3) is 0 Å². The first-order valence-corrected chi connectivity index (χ1v) is 14.1. The number of hydrogen-bond acceptors (Lipinski definition) is 0. The van der Waals surface area contributed by atoms with Gasteiger partial charge in [0.2, 0.25) is 0 Å². The molecule has 7 atom stereocenters. The summed E-state index contributed by atoms with van der Waals surface area (Å²) in [5.74, 6) is 4.08. The van der Waals surface area contributed by atoms with E-state index in [1.165, 1.54) is 83.5 Å². The average molecular weight is 497 g/mol. The Morgan fingerprint density at radius 1 is 0.929 bits per heavy atom. The van der Waals surface area contributed by atoms with Crippen LogP contribution in [0.4, 0.5) is 0 Å². The molecular formula is C27H45I. The second kappa shape index (κ2) is 8.91. The number of allylic oxidation sites excluding steroid dienone is 2. The molecule has 0 bridgehead atoms. The average Bonchev–Trinajstić information content (AvgIpc) is 3.01. The second-order valence-corrected chi connectivity index (χ2v) is 13.2. The maximum Gasteiger partial charge on any atom is 0.0147 e. The lowest BCUT2D eigenvalue weighted by atomic mass is 9.47. The van der Waals surface area contributed by atoms with Crippen molar-refractivity contribution >= 4 is 22.6 Å². The van der Waals surface area contributed by atoms with Crippen molar-refractivity contribution in [1.29, 1.82) is 0 Å². The molecule has 0 aromatic heterocycles. The van der Waals surface area contributed by atoms with E-state index in [2.05, 4.69) is 49.4 Å². The van der Waals surface area contributed by atoms with Crippen LogP contribution in [0.1, 0.15) is 117 Å². The van der Waals surface area contributed by atoms with Crippen LogP contribution in [-0.2, 0) is 0 Å². The van der Waals surface area contributed by atoms with Gasteiger partial charge in [-0.25, -0.2) is 0 Å². The molecule has 0 spiro atoms. The summed E-state index contributed by atoms with van der Waals surface area (Å²) < 4.78 is 0.899. The van der Waals surface area contributed by atoms with Gasteiger partial charge in [-0.05, 0) is 92.3 Å². The largest absolute Gasteiger partial charge is 0.0844 e. The molecule has 4 aliphatic carbocycles. The SMILES string of the molecule is CCCCCCCCC1CCC2C3CC=C4CC(I)CCC4(C)C3CCC12C. The van der Waals surface area contributed by atoms with Gasteiger partial charge in [-0.1, -0.05) is 93.5 Å². The first-order chi connectivity index (χ1) is 13.5. The van der Waals surface area contributed by atoms with Crippen LogP contribution in [0.5, 0.6) is 0 Å². The van der Waals surface area contributed by atoms with Crippen molar-refractivity contribution < 1.29 is 0 Å². The van der Waals surface area contributed by atoms with E-state index in [9.17, 15) is 0 Å². The predicted molar refractivity (Wildman–Crippen MR) is 131 cm³/mol. The lowest BCUT2D eigenvalue weighted by Crippen LogP contribution is -2.50. The third-order valence-electron chi connectivity index (χ3n) is 10.1. The monoisotopic (exact) mass is 496 g/mol. The number of halogens is 1. The quantitative estimate of drug-likeness (QED) is 0.143. The van der Waals surface area contributed by atoms with Crippen molar-refractivity contribution in [2.75, 3.05) is 0 Å². The van der Waals surface area contributed by atoms with Crippen molar-refractivity contribution in [1.82, 2.24) is 0 Å². The first-order valence-electron chi connectivity index (χ1n) is 12.8. The fraction of sp³-hybridized carbons (Fsp3) is 0.926.